The van der Waals surface area contributed by atoms with Crippen LogP contribution in [-0.4, -0.2) is 41.4 Å². The molecule has 0 aliphatic carbocycles. The molecule has 2 heterocycles. The zero-order chi connectivity index (χ0) is 17.5. The van der Waals surface area contributed by atoms with Crippen LogP contribution in [0.5, 0.6) is 11.5 Å². The predicted octanol–water partition coefficient (Wildman–Crippen LogP) is 2.58. The highest BCUT2D eigenvalue weighted by Gasteiger charge is 2.43. The van der Waals surface area contributed by atoms with Gasteiger partial charge in [-0.15, -0.1) is 8.78 Å². The van der Waals surface area contributed by atoms with E-state index in [9.17, 15) is 18.4 Å². The van der Waals surface area contributed by atoms with Crippen LogP contribution < -0.4 is 14.8 Å². The van der Waals surface area contributed by atoms with E-state index in [2.05, 4.69) is 14.8 Å². The van der Waals surface area contributed by atoms with E-state index < -0.39 is 24.2 Å². The number of carboxylic acid groups (broad SMARTS) is 1. The first-order chi connectivity index (χ1) is 11.2. The van der Waals surface area contributed by atoms with Crippen LogP contribution in [0.15, 0.2) is 18.2 Å². The zero-order valence-electron chi connectivity index (χ0n) is 12.8. The highest BCUT2D eigenvalue weighted by molar-refractivity contribution is 5.90. The number of ether oxygens (including phenoxy) is 2. The number of amides is 2. The number of anilines is 1. The Bertz CT molecular complexity index is 682. The Morgan fingerprint density at radius 2 is 2.00 bits per heavy atom. The van der Waals surface area contributed by atoms with Crippen molar-refractivity contribution in [2.24, 2.45) is 11.8 Å². The fourth-order valence-electron chi connectivity index (χ4n) is 2.93. The molecule has 2 aliphatic heterocycles. The van der Waals surface area contributed by atoms with E-state index in [1.165, 1.54) is 23.1 Å². The average Bonchev–Trinajstić information content (AvgIpc) is 2.79. The Hall–Kier alpha value is -2.58. The molecule has 9 heteroatoms. The molecule has 3 rings (SSSR count). The molecule has 0 saturated carbocycles. The summed E-state index contributed by atoms with van der Waals surface area (Å²) in [5, 5.41) is 11.7. The van der Waals surface area contributed by atoms with Crippen molar-refractivity contribution in [1.82, 2.24) is 4.90 Å². The van der Waals surface area contributed by atoms with Crippen molar-refractivity contribution >= 4 is 17.7 Å². The standard InChI is InChI=1S/C15H16F2N2O5/c1-8-4-9(13(20)21)7-19(6-8)14(22)18-10-2-3-11-12(5-10)24-15(16,17)23-11/h2-3,5,8-9H,4,6-7H2,1H3,(H,18,22)(H,20,21). The molecule has 0 spiro atoms. The van der Waals surface area contributed by atoms with E-state index >= 15 is 0 Å². The van der Waals surface area contributed by atoms with Gasteiger partial charge in [0.2, 0.25) is 0 Å². The lowest BCUT2D eigenvalue weighted by atomic mass is 9.91. The number of benzene rings is 1. The number of rotatable bonds is 2. The number of piperidine rings is 1. The summed E-state index contributed by atoms with van der Waals surface area (Å²) in [6.45, 7) is 2.41. The van der Waals surface area contributed by atoms with Crippen LogP contribution in [0.4, 0.5) is 19.3 Å². The van der Waals surface area contributed by atoms with Gasteiger partial charge in [0.05, 0.1) is 5.92 Å². The van der Waals surface area contributed by atoms with Crippen LogP contribution in [0.3, 0.4) is 0 Å². The van der Waals surface area contributed by atoms with Crippen LogP contribution >= 0.6 is 0 Å². The number of alkyl halides is 2. The Kier molecular flexibility index (Phi) is 3.94. The monoisotopic (exact) mass is 342 g/mol. The first-order valence-corrected chi connectivity index (χ1v) is 7.42. The largest absolute Gasteiger partial charge is 0.586 e. The predicted molar refractivity (Wildman–Crippen MR) is 78.1 cm³/mol. The Balaban J connectivity index is 1.68. The number of carbonyl (C=O) groups is 2. The normalized spacial score (nSPS) is 24.5. The third kappa shape index (κ3) is 3.34. The number of carbonyl (C=O) groups excluding carboxylic acids is 1. The minimum Gasteiger partial charge on any atom is -0.481 e. The quantitative estimate of drug-likeness (QED) is 0.862. The van der Waals surface area contributed by atoms with E-state index in [-0.39, 0.29) is 29.6 Å². The van der Waals surface area contributed by atoms with E-state index in [0.717, 1.165) is 0 Å². The number of likely N-dealkylation sites (tertiary alicyclic amines) is 1. The fraction of sp³-hybridized carbons (Fsp3) is 0.467. The highest BCUT2D eigenvalue weighted by Crippen LogP contribution is 2.42. The molecule has 1 aromatic rings. The van der Waals surface area contributed by atoms with Crippen molar-refractivity contribution < 1.29 is 33.0 Å². The number of urea groups is 1. The maximum atomic E-state index is 13.0. The summed E-state index contributed by atoms with van der Waals surface area (Å²) < 4.78 is 34.6. The van der Waals surface area contributed by atoms with Crippen LogP contribution in [0.1, 0.15) is 13.3 Å². The number of nitrogens with one attached hydrogen (secondary N) is 1. The summed E-state index contributed by atoms with van der Waals surface area (Å²) in [4.78, 5) is 24.9. The van der Waals surface area contributed by atoms with Crippen molar-refractivity contribution in [2.75, 3.05) is 18.4 Å². The second-order valence-electron chi connectivity index (χ2n) is 6.04. The maximum Gasteiger partial charge on any atom is 0.586 e. The molecule has 2 unspecified atom stereocenters. The highest BCUT2D eigenvalue weighted by atomic mass is 19.3. The van der Waals surface area contributed by atoms with Gasteiger partial charge in [-0.2, -0.15) is 0 Å². The molecule has 2 atom stereocenters. The van der Waals surface area contributed by atoms with Crippen LogP contribution in [0.2, 0.25) is 0 Å². The Morgan fingerprint density at radius 1 is 1.29 bits per heavy atom. The minimum absolute atomic E-state index is 0.0565. The second kappa shape index (κ2) is 5.81. The average molecular weight is 342 g/mol. The van der Waals surface area contributed by atoms with E-state index in [1.807, 2.05) is 6.92 Å². The summed E-state index contributed by atoms with van der Waals surface area (Å²) in [6.07, 6.45) is -3.21. The minimum atomic E-state index is -3.72. The molecule has 1 aromatic carbocycles. The molecule has 1 saturated heterocycles. The van der Waals surface area contributed by atoms with Gasteiger partial charge in [-0.1, -0.05) is 6.92 Å². The molecule has 0 bridgehead atoms. The molecule has 1 fully saturated rings. The number of hydrogen-bond donors (Lipinski definition) is 2. The molecule has 0 radical (unpaired) electrons. The third-order valence-corrected chi connectivity index (χ3v) is 3.95. The van der Waals surface area contributed by atoms with Crippen molar-refractivity contribution in [3.63, 3.8) is 0 Å². The molecule has 7 nitrogen and oxygen atoms in total. The molecular formula is C15H16F2N2O5. The van der Waals surface area contributed by atoms with Gasteiger partial charge < -0.3 is 24.8 Å². The topological polar surface area (TPSA) is 88.1 Å². The number of nitrogens with zero attached hydrogens (tertiary/aromatic N) is 1. The van der Waals surface area contributed by atoms with Gasteiger partial charge >= 0.3 is 18.3 Å². The number of fused-ring (bicyclic) bond motifs is 1. The van der Waals surface area contributed by atoms with Gasteiger partial charge in [0.15, 0.2) is 11.5 Å². The molecule has 2 aliphatic rings. The Labute approximate surface area is 136 Å². The third-order valence-electron chi connectivity index (χ3n) is 3.95. The van der Waals surface area contributed by atoms with Gasteiger partial charge in [-0.25, -0.2) is 4.79 Å². The number of hydrogen-bond acceptors (Lipinski definition) is 4. The number of carboxylic acids is 1. The Morgan fingerprint density at radius 3 is 2.71 bits per heavy atom. The van der Waals surface area contributed by atoms with Gasteiger partial charge in [-0.3, -0.25) is 4.79 Å². The first-order valence-electron chi connectivity index (χ1n) is 7.42. The smallest absolute Gasteiger partial charge is 0.481 e. The lowest BCUT2D eigenvalue weighted by molar-refractivity contribution is -0.286. The van der Waals surface area contributed by atoms with Crippen LogP contribution in [-0.2, 0) is 4.79 Å². The lowest BCUT2D eigenvalue weighted by Gasteiger charge is -2.34. The van der Waals surface area contributed by atoms with Gasteiger partial charge in [0.25, 0.3) is 0 Å². The van der Waals surface area contributed by atoms with Crippen molar-refractivity contribution in [3.8, 4) is 11.5 Å². The van der Waals surface area contributed by atoms with Crippen molar-refractivity contribution in [3.05, 3.63) is 18.2 Å². The van der Waals surface area contributed by atoms with E-state index in [4.69, 9.17) is 5.11 Å². The summed E-state index contributed by atoms with van der Waals surface area (Å²) in [5.74, 6) is -1.79. The SMILES string of the molecule is CC1CC(C(=O)O)CN(C(=O)Nc2ccc3c(c2)OC(F)(F)O3)C1. The van der Waals surface area contributed by atoms with Crippen LogP contribution in [0, 0.1) is 11.8 Å². The van der Waals surface area contributed by atoms with Crippen molar-refractivity contribution in [2.45, 2.75) is 19.6 Å². The molecule has 130 valence electrons. The van der Waals surface area contributed by atoms with E-state index in [0.29, 0.717) is 13.0 Å². The number of halogens is 2. The van der Waals surface area contributed by atoms with Gasteiger partial charge in [0.1, 0.15) is 0 Å². The zero-order valence-corrected chi connectivity index (χ0v) is 12.8. The summed E-state index contributed by atoms with van der Waals surface area (Å²) in [5.41, 5.74) is 0.255. The lowest BCUT2D eigenvalue weighted by Crippen LogP contribution is -2.47. The number of aliphatic carboxylic acids is 1. The fourth-order valence-corrected chi connectivity index (χ4v) is 2.93. The summed E-state index contributed by atoms with van der Waals surface area (Å²) in [7, 11) is 0. The second-order valence-corrected chi connectivity index (χ2v) is 6.04. The molecule has 2 N–H and O–H groups in total. The molecular weight excluding hydrogens is 326 g/mol. The van der Waals surface area contributed by atoms with Crippen molar-refractivity contribution in [1.29, 1.82) is 0 Å². The van der Waals surface area contributed by atoms with Crippen LogP contribution in [0.25, 0.3) is 0 Å². The van der Waals surface area contributed by atoms with Gasteiger partial charge in [0, 0.05) is 24.8 Å². The molecule has 24 heavy (non-hydrogen) atoms. The van der Waals surface area contributed by atoms with E-state index in [1.54, 1.807) is 0 Å². The molecule has 2 amide bonds. The molecule has 0 aromatic heterocycles. The maximum absolute atomic E-state index is 13.0. The summed E-state index contributed by atoms with van der Waals surface area (Å²) >= 11 is 0. The summed E-state index contributed by atoms with van der Waals surface area (Å²) in [6, 6.07) is 3.42. The first kappa shape index (κ1) is 16.3. The van der Waals surface area contributed by atoms with Gasteiger partial charge in [-0.05, 0) is 24.5 Å².